The van der Waals surface area contributed by atoms with E-state index < -0.39 is 23.5 Å². The zero-order chi connectivity index (χ0) is 21.5. The van der Waals surface area contributed by atoms with E-state index in [1.54, 1.807) is 0 Å². The Morgan fingerprint density at radius 3 is 2.33 bits per heavy atom. The van der Waals surface area contributed by atoms with Crippen molar-refractivity contribution in [3.8, 4) is 11.3 Å². The van der Waals surface area contributed by atoms with Crippen LogP contribution in [0, 0.1) is 0 Å². The maximum absolute atomic E-state index is 13.2. The fraction of sp³-hybridized carbons (Fsp3) is 0.118. The average molecular weight is 425 g/mol. The normalized spacial score (nSPS) is 12.3. The number of anilines is 2. The van der Waals surface area contributed by atoms with Crippen molar-refractivity contribution in [2.24, 2.45) is 0 Å². The van der Waals surface area contributed by atoms with Crippen LogP contribution in [-0.2, 0) is 12.4 Å². The molecule has 0 spiro atoms. The molecule has 0 aliphatic carbocycles. The van der Waals surface area contributed by atoms with Crippen LogP contribution in [0.2, 0.25) is 0 Å². The standard InChI is InChI=1S/C17H9F6N7/c18-16(19,20)10-3-4-12(25-8-10)27-15-29-28-13-6-9(7-26-30(13)15)14-11(17(21,22)23)2-1-5-24-14/h1-8H,(H,25,27,29). The molecule has 0 unspecified atom stereocenters. The van der Waals surface area contributed by atoms with E-state index in [1.165, 1.54) is 22.8 Å². The van der Waals surface area contributed by atoms with Crippen LogP contribution in [-0.4, -0.2) is 29.8 Å². The maximum atomic E-state index is 13.2. The zero-order valence-corrected chi connectivity index (χ0v) is 14.6. The number of alkyl halides is 6. The minimum Gasteiger partial charge on any atom is -0.307 e. The lowest BCUT2D eigenvalue weighted by Gasteiger charge is -2.11. The third kappa shape index (κ3) is 3.73. The predicted octanol–water partition coefficient (Wildman–Crippen LogP) is 4.36. The minimum atomic E-state index is -4.61. The van der Waals surface area contributed by atoms with Gasteiger partial charge in [0.15, 0.2) is 5.65 Å². The summed E-state index contributed by atoms with van der Waals surface area (Å²) < 4.78 is 78.7. The number of aromatic nitrogens is 6. The molecule has 7 nitrogen and oxygen atoms in total. The van der Waals surface area contributed by atoms with Gasteiger partial charge in [-0.25, -0.2) is 4.98 Å². The molecule has 0 fully saturated rings. The highest BCUT2D eigenvalue weighted by Gasteiger charge is 2.34. The third-order valence-electron chi connectivity index (χ3n) is 3.98. The molecule has 0 aliphatic rings. The lowest BCUT2D eigenvalue weighted by molar-refractivity contribution is -0.138. The van der Waals surface area contributed by atoms with Crippen LogP contribution in [0.1, 0.15) is 11.1 Å². The molecule has 13 heteroatoms. The van der Waals surface area contributed by atoms with Gasteiger partial charge < -0.3 is 5.32 Å². The molecule has 4 heterocycles. The molecule has 1 N–H and O–H groups in total. The van der Waals surface area contributed by atoms with Crippen LogP contribution in [0.25, 0.3) is 16.9 Å². The van der Waals surface area contributed by atoms with Gasteiger partial charge in [-0.1, -0.05) is 0 Å². The molecular formula is C17H9F6N7. The van der Waals surface area contributed by atoms with Gasteiger partial charge in [-0.2, -0.15) is 36.0 Å². The highest BCUT2D eigenvalue weighted by Crippen LogP contribution is 2.35. The van der Waals surface area contributed by atoms with Gasteiger partial charge in [0.05, 0.1) is 23.0 Å². The van der Waals surface area contributed by atoms with Crippen molar-refractivity contribution in [3.63, 3.8) is 0 Å². The highest BCUT2D eigenvalue weighted by atomic mass is 19.4. The van der Waals surface area contributed by atoms with Crippen molar-refractivity contribution < 1.29 is 26.3 Å². The van der Waals surface area contributed by atoms with Crippen LogP contribution in [0.15, 0.2) is 48.9 Å². The van der Waals surface area contributed by atoms with Crippen molar-refractivity contribution >= 4 is 17.4 Å². The van der Waals surface area contributed by atoms with Crippen LogP contribution >= 0.6 is 0 Å². The molecule has 0 saturated heterocycles. The number of hydrogen-bond acceptors (Lipinski definition) is 6. The Kier molecular flexibility index (Phi) is 4.51. The van der Waals surface area contributed by atoms with Gasteiger partial charge in [-0.05, 0) is 30.3 Å². The summed E-state index contributed by atoms with van der Waals surface area (Å²) in [5, 5.41) is 14.3. The van der Waals surface area contributed by atoms with Crippen LogP contribution in [0.5, 0.6) is 0 Å². The molecule has 30 heavy (non-hydrogen) atoms. The van der Waals surface area contributed by atoms with Gasteiger partial charge in [0.1, 0.15) is 5.82 Å². The molecule has 4 aromatic rings. The molecule has 0 aromatic carbocycles. The van der Waals surface area contributed by atoms with Gasteiger partial charge in [-0.3, -0.25) is 4.98 Å². The summed E-state index contributed by atoms with van der Waals surface area (Å²) in [7, 11) is 0. The highest BCUT2D eigenvalue weighted by molar-refractivity contribution is 5.67. The van der Waals surface area contributed by atoms with Gasteiger partial charge in [0.2, 0.25) is 0 Å². The van der Waals surface area contributed by atoms with E-state index in [-0.39, 0.29) is 28.7 Å². The molecule has 0 saturated carbocycles. The molecule has 0 radical (unpaired) electrons. The first-order chi connectivity index (χ1) is 14.1. The van der Waals surface area contributed by atoms with Gasteiger partial charge in [-0.15, -0.1) is 10.2 Å². The van der Waals surface area contributed by atoms with E-state index in [0.717, 1.165) is 24.4 Å². The molecule has 4 aromatic heterocycles. The van der Waals surface area contributed by atoms with E-state index in [1.807, 2.05) is 0 Å². The van der Waals surface area contributed by atoms with E-state index >= 15 is 0 Å². The van der Waals surface area contributed by atoms with Crippen molar-refractivity contribution in [1.82, 2.24) is 29.8 Å². The summed E-state index contributed by atoms with van der Waals surface area (Å²) in [6.07, 6.45) is -6.10. The summed E-state index contributed by atoms with van der Waals surface area (Å²) in [6, 6.07) is 5.32. The predicted molar refractivity (Wildman–Crippen MR) is 91.5 cm³/mol. The quantitative estimate of drug-likeness (QED) is 0.492. The summed E-state index contributed by atoms with van der Waals surface area (Å²) in [4.78, 5) is 7.45. The summed E-state index contributed by atoms with van der Waals surface area (Å²) >= 11 is 0. The number of pyridine rings is 2. The largest absolute Gasteiger partial charge is 0.418 e. The second kappa shape index (κ2) is 6.93. The van der Waals surface area contributed by atoms with Crippen LogP contribution in [0.3, 0.4) is 0 Å². The van der Waals surface area contributed by atoms with E-state index in [4.69, 9.17) is 0 Å². The van der Waals surface area contributed by atoms with E-state index in [9.17, 15) is 26.3 Å². The second-order valence-corrected chi connectivity index (χ2v) is 5.99. The zero-order valence-electron chi connectivity index (χ0n) is 14.6. The number of fused-ring (bicyclic) bond motifs is 1. The smallest absolute Gasteiger partial charge is 0.307 e. The van der Waals surface area contributed by atoms with Crippen molar-refractivity contribution in [3.05, 3.63) is 60.0 Å². The van der Waals surface area contributed by atoms with Crippen LogP contribution < -0.4 is 5.32 Å². The van der Waals surface area contributed by atoms with E-state index in [0.29, 0.717) is 6.20 Å². The summed E-state index contributed by atoms with van der Waals surface area (Å²) in [5.74, 6) is 0.0631. The van der Waals surface area contributed by atoms with Gasteiger partial charge in [0, 0.05) is 18.0 Å². The molecule has 0 atom stereocenters. The third-order valence-corrected chi connectivity index (χ3v) is 3.98. The SMILES string of the molecule is FC(F)(F)c1ccc(Nc2nnc3cc(-c4ncccc4C(F)(F)F)cnn23)nc1. The Balaban J connectivity index is 1.66. The van der Waals surface area contributed by atoms with Crippen molar-refractivity contribution in [1.29, 1.82) is 0 Å². The Morgan fingerprint density at radius 2 is 1.67 bits per heavy atom. The van der Waals surface area contributed by atoms with Crippen molar-refractivity contribution in [2.45, 2.75) is 12.4 Å². The summed E-state index contributed by atoms with van der Waals surface area (Å²) in [6.45, 7) is 0. The fourth-order valence-corrected chi connectivity index (χ4v) is 2.61. The lowest BCUT2D eigenvalue weighted by Crippen LogP contribution is -2.09. The Labute approximate surface area is 163 Å². The average Bonchev–Trinajstić information content (AvgIpc) is 3.09. The van der Waals surface area contributed by atoms with Gasteiger partial charge in [0.25, 0.3) is 5.95 Å². The number of halogens is 6. The molecule has 154 valence electrons. The van der Waals surface area contributed by atoms with Gasteiger partial charge >= 0.3 is 12.4 Å². The maximum Gasteiger partial charge on any atom is 0.418 e. The Bertz CT molecular complexity index is 1200. The fourth-order valence-electron chi connectivity index (χ4n) is 2.61. The molecule has 4 rings (SSSR count). The first kappa shape index (κ1) is 19.5. The Hall–Kier alpha value is -3.77. The molecule has 0 aliphatic heterocycles. The topological polar surface area (TPSA) is 80.9 Å². The first-order valence-corrected chi connectivity index (χ1v) is 8.17. The minimum absolute atomic E-state index is 0.0147. The van der Waals surface area contributed by atoms with Crippen LogP contribution in [0.4, 0.5) is 38.1 Å². The Morgan fingerprint density at radius 1 is 0.867 bits per heavy atom. The first-order valence-electron chi connectivity index (χ1n) is 8.17. The number of rotatable bonds is 3. The molecular weight excluding hydrogens is 416 g/mol. The lowest BCUT2D eigenvalue weighted by atomic mass is 10.1. The number of nitrogens with one attached hydrogen (secondary N) is 1. The van der Waals surface area contributed by atoms with Crippen molar-refractivity contribution in [2.75, 3.05) is 5.32 Å². The molecule has 0 bridgehead atoms. The summed E-state index contributed by atoms with van der Waals surface area (Å²) in [5.41, 5.74) is -2.00. The monoisotopic (exact) mass is 425 g/mol. The number of hydrogen-bond donors (Lipinski definition) is 1. The number of nitrogens with zero attached hydrogens (tertiary/aromatic N) is 6. The van der Waals surface area contributed by atoms with E-state index in [2.05, 4.69) is 30.6 Å². The second-order valence-electron chi connectivity index (χ2n) is 5.99. The molecule has 0 amide bonds.